The van der Waals surface area contributed by atoms with Crippen LogP contribution in [-0.4, -0.2) is 20.9 Å². The minimum Gasteiger partial charge on any atom is -0.332 e. The van der Waals surface area contributed by atoms with Gasteiger partial charge in [-0.3, -0.25) is 9.59 Å². The van der Waals surface area contributed by atoms with Gasteiger partial charge in [0.25, 0.3) is 5.56 Å². The first-order valence-corrected chi connectivity index (χ1v) is 10.3. The highest BCUT2D eigenvalue weighted by Gasteiger charge is 2.41. The van der Waals surface area contributed by atoms with Crippen molar-refractivity contribution in [1.82, 2.24) is 9.47 Å². The Hall–Kier alpha value is -2.22. The van der Waals surface area contributed by atoms with Gasteiger partial charge in [0.1, 0.15) is 0 Å². The van der Waals surface area contributed by atoms with Gasteiger partial charge in [0.05, 0.1) is 6.54 Å². The Bertz CT molecular complexity index is 1010. The van der Waals surface area contributed by atoms with Gasteiger partial charge in [0.15, 0.2) is 0 Å². The van der Waals surface area contributed by atoms with Gasteiger partial charge in [-0.15, -0.1) is 0 Å². The molecule has 0 bridgehead atoms. The monoisotopic (exact) mass is 422 g/mol. The third kappa shape index (κ3) is 4.22. The molecule has 0 spiro atoms. The molecule has 4 nitrogen and oxygen atoms in total. The summed E-state index contributed by atoms with van der Waals surface area (Å²) in [6.45, 7) is 2.86. The number of fused-ring (bicyclic) bond motifs is 1. The molecule has 8 heteroatoms. The average molecular weight is 422 g/mol. The van der Waals surface area contributed by atoms with Crippen molar-refractivity contribution in [3.8, 4) is 0 Å². The standard InChI is InChI=1S/C21H21F3N2O2S/c1-12-7-19(27)25(2)18-11-26(10-17(12)18)20(28)9-14-8-16(14)13-3-5-15(6-4-13)29-21(22,23)24/h3-7,14,16H,8-11H2,1-2H3. The van der Waals surface area contributed by atoms with Crippen molar-refractivity contribution in [2.75, 3.05) is 0 Å². The Labute approximate surface area is 170 Å². The first-order chi connectivity index (χ1) is 13.6. The van der Waals surface area contributed by atoms with Gasteiger partial charge in [-0.1, -0.05) is 12.1 Å². The Kier molecular flexibility index (Phi) is 5.01. The molecule has 2 heterocycles. The van der Waals surface area contributed by atoms with Crippen LogP contribution in [0.1, 0.15) is 41.1 Å². The molecule has 1 aromatic heterocycles. The summed E-state index contributed by atoms with van der Waals surface area (Å²) < 4.78 is 38.9. The van der Waals surface area contributed by atoms with E-state index in [4.69, 9.17) is 0 Å². The first kappa shape index (κ1) is 20.1. The Morgan fingerprint density at radius 2 is 1.90 bits per heavy atom. The molecule has 0 saturated heterocycles. The number of rotatable bonds is 4. The second-order valence-corrected chi connectivity index (χ2v) is 8.96. The summed E-state index contributed by atoms with van der Waals surface area (Å²) in [4.78, 5) is 26.7. The predicted octanol–water partition coefficient (Wildman–Crippen LogP) is 4.34. The largest absolute Gasteiger partial charge is 0.446 e. The summed E-state index contributed by atoms with van der Waals surface area (Å²) in [5.41, 5.74) is -0.508. The van der Waals surface area contributed by atoms with Crippen LogP contribution >= 0.6 is 11.8 Å². The highest BCUT2D eigenvalue weighted by atomic mass is 32.2. The highest BCUT2D eigenvalue weighted by Crippen LogP contribution is 2.50. The van der Waals surface area contributed by atoms with Gasteiger partial charge in [-0.2, -0.15) is 13.2 Å². The van der Waals surface area contributed by atoms with Crippen LogP contribution in [0.5, 0.6) is 0 Å². The molecule has 1 aliphatic carbocycles. The van der Waals surface area contributed by atoms with Crippen molar-refractivity contribution >= 4 is 17.7 Å². The van der Waals surface area contributed by atoms with Crippen LogP contribution < -0.4 is 5.56 Å². The molecular formula is C21H21F3N2O2S. The maximum atomic E-state index is 12.8. The fourth-order valence-corrected chi connectivity index (χ4v) is 4.64. The molecule has 1 saturated carbocycles. The van der Waals surface area contributed by atoms with Gasteiger partial charge in [0.2, 0.25) is 5.91 Å². The van der Waals surface area contributed by atoms with Crippen molar-refractivity contribution in [3.05, 3.63) is 63.1 Å². The maximum Gasteiger partial charge on any atom is 0.446 e. The lowest BCUT2D eigenvalue weighted by Gasteiger charge is -2.15. The van der Waals surface area contributed by atoms with E-state index in [1.165, 1.54) is 12.1 Å². The highest BCUT2D eigenvalue weighted by molar-refractivity contribution is 8.00. The van der Waals surface area contributed by atoms with Crippen molar-refractivity contribution in [3.63, 3.8) is 0 Å². The van der Waals surface area contributed by atoms with E-state index in [1.54, 1.807) is 34.7 Å². The number of hydrogen-bond acceptors (Lipinski definition) is 3. The molecule has 0 N–H and O–H groups in total. The van der Waals surface area contributed by atoms with Crippen LogP contribution in [0, 0.1) is 12.8 Å². The number of nitrogens with zero attached hydrogens (tertiary/aromatic N) is 2. The van der Waals surface area contributed by atoms with E-state index in [-0.39, 0.29) is 40.0 Å². The molecule has 1 aliphatic heterocycles. The van der Waals surface area contributed by atoms with Crippen LogP contribution in [-0.2, 0) is 24.9 Å². The zero-order chi connectivity index (χ0) is 20.9. The van der Waals surface area contributed by atoms with Crippen LogP contribution in [0.15, 0.2) is 40.0 Å². The molecule has 1 fully saturated rings. The van der Waals surface area contributed by atoms with E-state index >= 15 is 0 Å². The van der Waals surface area contributed by atoms with Gasteiger partial charge >= 0.3 is 5.51 Å². The molecule has 4 rings (SSSR count). The van der Waals surface area contributed by atoms with Gasteiger partial charge < -0.3 is 9.47 Å². The molecule has 29 heavy (non-hydrogen) atoms. The second-order valence-electron chi connectivity index (χ2n) is 7.82. The van der Waals surface area contributed by atoms with E-state index in [9.17, 15) is 22.8 Å². The first-order valence-electron chi connectivity index (χ1n) is 9.44. The zero-order valence-electron chi connectivity index (χ0n) is 16.1. The molecule has 154 valence electrons. The summed E-state index contributed by atoms with van der Waals surface area (Å²) in [7, 11) is 1.73. The number of alkyl halides is 3. The number of amides is 1. The summed E-state index contributed by atoms with van der Waals surface area (Å²) in [5.74, 6) is 0.502. The number of carbonyl (C=O) groups excluding carboxylic acids is 1. The minimum absolute atomic E-state index is 0.0600. The molecule has 2 aromatic rings. The summed E-state index contributed by atoms with van der Waals surface area (Å²) in [6.07, 6.45) is 1.29. The SMILES string of the molecule is Cc1cc(=O)n(C)c2c1CN(C(=O)CC1CC1c1ccc(SC(F)(F)F)cc1)C2. The topological polar surface area (TPSA) is 42.3 Å². The minimum atomic E-state index is -4.29. The average Bonchev–Trinajstić information content (AvgIpc) is 3.24. The number of aryl methyl sites for hydroxylation is 1. The lowest BCUT2D eigenvalue weighted by Crippen LogP contribution is -2.26. The molecule has 0 radical (unpaired) electrons. The molecule has 1 aromatic carbocycles. The lowest BCUT2D eigenvalue weighted by atomic mass is 10.1. The lowest BCUT2D eigenvalue weighted by molar-refractivity contribution is -0.132. The fraction of sp³-hybridized carbons (Fsp3) is 0.429. The number of pyridine rings is 1. The smallest absolute Gasteiger partial charge is 0.332 e. The summed E-state index contributed by atoms with van der Waals surface area (Å²) in [5, 5.41) is 0. The van der Waals surface area contributed by atoms with E-state index in [2.05, 4.69) is 0 Å². The quantitative estimate of drug-likeness (QED) is 0.689. The second kappa shape index (κ2) is 7.23. The third-order valence-electron chi connectivity index (χ3n) is 5.84. The van der Waals surface area contributed by atoms with Crippen LogP contribution in [0.4, 0.5) is 13.2 Å². The van der Waals surface area contributed by atoms with Crippen LogP contribution in [0.25, 0.3) is 0 Å². The van der Waals surface area contributed by atoms with E-state index in [0.29, 0.717) is 19.5 Å². The number of halogens is 3. The number of hydrogen-bond donors (Lipinski definition) is 0. The van der Waals surface area contributed by atoms with Gasteiger partial charge in [-0.05, 0) is 65.8 Å². The zero-order valence-corrected chi connectivity index (χ0v) is 16.9. The van der Waals surface area contributed by atoms with E-state index in [1.807, 2.05) is 6.92 Å². The molecular weight excluding hydrogens is 401 g/mol. The predicted molar refractivity (Wildman–Crippen MR) is 104 cm³/mol. The van der Waals surface area contributed by atoms with Gasteiger partial charge in [0, 0.05) is 36.7 Å². The van der Waals surface area contributed by atoms with E-state index < -0.39 is 5.51 Å². The van der Waals surface area contributed by atoms with Gasteiger partial charge in [-0.25, -0.2) is 0 Å². The Balaban J connectivity index is 1.36. The number of carbonyl (C=O) groups is 1. The van der Waals surface area contributed by atoms with Crippen molar-refractivity contribution in [2.24, 2.45) is 13.0 Å². The molecule has 2 atom stereocenters. The molecule has 1 amide bonds. The summed E-state index contributed by atoms with van der Waals surface area (Å²) in [6, 6.07) is 8.04. The van der Waals surface area contributed by atoms with Crippen LogP contribution in [0.2, 0.25) is 0 Å². The summed E-state index contributed by atoms with van der Waals surface area (Å²) >= 11 is -0.118. The third-order valence-corrected chi connectivity index (χ3v) is 6.58. The van der Waals surface area contributed by atoms with Crippen molar-refractivity contribution in [2.45, 2.75) is 49.2 Å². The number of thioether (sulfide) groups is 1. The van der Waals surface area contributed by atoms with Crippen LogP contribution in [0.3, 0.4) is 0 Å². The molecule has 2 aliphatic rings. The Morgan fingerprint density at radius 1 is 1.21 bits per heavy atom. The maximum absolute atomic E-state index is 12.8. The fourth-order valence-electron chi connectivity index (χ4n) is 4.11. The number of aromatic nitrogens is 1. The Morgan fingerprint density at radius 3 is 2.55 bits per heavy atom. The van der Waals surface area contributed by atoms with Crippen molar-refractivity contribution < 1.29 is 18.0 Å². The normalized spacial score (nSPS) is 20.7. The van der Waals surface area contributed by atoms with E-state index in [0.717, 1.165) is 28.8 Å². The molecule has 2 unspecified atom stereocenters. The van der Waals surface area contributed by atoms with Crippen molar-refractivity contribution in [1.29, 1.82) is 0 Å². The number of benzene rings is 1.